The summed E-state index contributed by atoms with van der Waals surface area (Å²) in [5.41, 5.74) is 2.71. The minimum absolute atomic E-state index is 0.0623. The second-order valence-corrected chi connectivity index (χ2v) is 9.70. The lowest BCUT2D eigenvalue weighted by atomic mass is 9.90. The lowest BCUT2D eigenvalue weighted by molar-refractivity contribution is -0.182. The van der Waals surface area contributed by atoms with E-state index in [4.69, 9.17) is 26.2 Å². The van der Waals surface area contributed by atoms with Crippen molar-refractivity contribution in [2.24, 2.45) is 0 Å². The van der Waals surface area contributed by atoms with Crippen LogP contribution in [0, 0.1) is 6.92 Å². The molecule has 0 spiro atoms. The average Bonchev–Trinajstić information content (AvgIpc) is 3.45. The van der Waals surface area contributed by atoms with E-state index in [-0.39, 0.29) is 30.9 Å². The number of nitrogens with zero attached hydrogens (tertiary/aromatic N) is 6. The average molecular weight is 513 g/mol. The molecule has 36 heavy (non-hydrogen) atoms. The van der Waals surface area contributed by atoms with Crippen LogP contribution in [0.1, 0.15) is 24.6 Å². The standard InChI is InChI=1S/C25H29ClN6O4/c1-5-22(33)30-14-25(15-30,36-4)24(34)29-8-6-18(7-9-29)32-16(2)19(11-28-32)17-10-21(35-3)23-20(26)12-27-31(23)13-17/h5,10-13,18H,1,6-9,14-15H2,2-4H3. The molecule has 2 saturated heterocycles. The summed E-state index contributed by atoms with van der Waals surface area (Å²) in [4.78, 5) is 28.5. The lowest BCUT2D eigenvalue weighted by Gasteiger charge is -2.49. The van der Waals surface area contributed by atoms with Crippen LogP contribution in [-0.2, 0) is 14.3 Å². The van der Waals surface area contributed by atoms with E-state index in [9.17, 15) is 9.59 Å². The van der Waals surface area contributed by atoms with E-state index < -0.39 is 5.60 Å². The fourth-order valence-corrected chi connectivity index (χ4v) is 5.46. The van der Waals surface area contributed by atoms with Crippen molar-refractivity contribution in [3.8, 4) is 16.9 Å². The zero-order valence-electron chi connectivity index (χ0n) is 20.6. The van der Waals surface area contributed by atoms with Crippen LogP contribution >= 0.6 is 11.6 Å². The van der Waals surface area contributed by atoms with Crippen molar-refractivity contribution < 1.29 is 19.1 Å². The third-order valence-electron chi connectivity index (χ3n) is 7.36. The highest BCUT2D eigenvalue weighted by molar-refractivity contribution is 6.34. The van der Waals surface area contributed by atoms with Crippen molar-refractivity contribution >= 4 is 28.9 Å². The van der Waals surface area contributed by atoms with Gasteiger partial charge in [-0.05, 0) is 31.9 Å². The van der Waals surface area contributed by atoms with Crippen molar-refractivity contribution in [1.82, 2.24) is 29.2 Å². The summed E-state index contributed by atoms with van der Waals surface area (Å²) in [6.45, 7) is 7.27. The van der Waals surface area contributed by atoms with Crippen molar-refractivity contribution in [3.63, 3.8) is 0 Å². The van der Waals surface area contributed by atoms with E-state index >= 15 is 0 Å². The number of ether oxygens (including phenoxy) is 2. The molecule has 2 aliphatic rings. The summed E-state index contributed by atoms with van der Waals surface area (Å²) in [5.74, 6) is 0.393. The fourth-order valence-electron chi connectivity index (χ4n) is 5.23. The summed E-state index contributed by atoms with van der Waals surface area (Å²) in [6, 6.07) is 2.12. The molecule has 2 aliphatic heterocycles. The lowest BCUT2D eigenvalue weighted by Crippen LogP contribution is -2.71. The van der Waals surface area contributed by atoms with E-state index in [0.717, 1.165) is 35.2 Å². The maximum Gasteiger partial charge on any atom is 0.258 e. The van der Waals surface area contributed by atoms with Gasteiger partial charge in [-0.3, -0.25) is 14.3 Å². The Morgan fingerprint density at radius 1 is 1.17 bits per heavy atom. The third kappa shape index (κ3) is 3.84. The highest BCUT2D eigenvalue weighted by atomic mass is 35.5. The van der Waals surface area contributed by atoms with Crippen LogP contribution in [-0.4, -0.2) is 87.0 Å². The molecule has 0 radical (unpaired) electrons. The molecule has 0 saturated carbocycles. The summed E-state index contributed by atoms with van der Waals surface area (Å²) < 4.78 is 14.9. The van der Waals surface area contributed by atoms with E-state index in [1.54, 1.807) is 22.7 Å². The first kappa shape index (κ1) is 24.3. The number of amides is 2. The molecule has 10 nitrogen and oxygen atoms in total. The number of halogens is 1. The number of methoxy groups -OCH3 is 2. The van der Waals surface area contributed by atoms with Crippen molar-refractivity contribution in [2.45, 2.75) is 31.4 Å². The molecule has 3 aromatic rings. The van der Waals surface area contributed by atoms with Crippen LogP contribution in [0.15, 0.2) is 37.3 Å². The minimum Gasteiger partial charge on any atom is -0.494 e. The molecule has 2 fully saturated rings. The number of hydrogen-bond acceptors (Lipinski definition) is 6. The van der Waals surface area contributed by atoms with Crippen LogP contribution < -0.4 is 4.74 Å². The van der Waals surface area contributed by atoms with E-state index in [0.29, 0.717) is 23.9 Å². The van der Waals surface area contributed by atoms with Gasteiger partial charge in [0.25, 0.3) is 5.91 Å². The number of piperidine rings is 1. The maximum atomic E-state index is 13.2. The third-order valence-corrected chi connectivity index (χ3v) is 7.64. The largest absolute Gasteiger partial charge is 0.494 e. The van der Waals surface area contributed by atoms with Crippen LogP contribution in [0.3, 0.4) is 0 Å². The van der Waals surface area contributed by atoms with Gasteiger partial charge in [-0.25, -0.2) is 4.52 Å². The smallest absolute Gasteiger partial charge is 0.258 e. The topological polar surface area (TPSA) is 94.2 Å². The monoisotopic (exact) mass is 512 g/mol. The first-order valence-corrected chi connectivity index (χ1v) is 12.2. The summed E-state index contributed by atoms with van der Waals surface area (Å²) in [6.07, 6.45) is 8.19. The molecule has 0 unspecified atom stereocenters. The van der Waals surface area contributed by atoms with Gasteiger partial charge in [0.05, 0.1) is 43.7 Å². The molecule has 11 heteroatoms. The normalized spacial score (nSPS) is 17.8. The van der Waals surface area contributed by atoms with Gasteiger partial charge in [-0.1, -0.05) is 18.2 Å². The molecule has 5 heterocycles. The Morgan fingerprint density at radius 3 is 2.53 bits per heavy atom. The van der Waals surface area contributed by atoms with Crippen LogP contribution in [0.5, 0.6) is 5.75 Å². The number of likely N-dealkylation sites (tertiary alicyclic amines) is 2. The SMILES string of the molecule is C=CC(=O)N1CC(OC)(C(=O)N2CCC(n3ncc(-c4cc(OC)c5c(Cl)cnn5c4)c3C)CC2)C1. The molecule has 0 N–H and O–H groups in total. The summed E-state index contributed by atoms with van der Waals surface area (Å²) in [7, 11) is 3.14. The number of carbonyl (C=O) groups excluding carboxylic acids is 2. The van der Waals surface area contributed by atoms with Crippen LogP contribution in [0.2, 0.25) is 5.02 Å². The highest BCUT2D eigenvalue weighted by Gasteiger charge is 2.53. The molecule has 0 aliphatic carbocycles. The Labute approximate surface area is 214 Å². The first-order chi connectivity index (χ1) is 17.3. The number of carbonyl (C=O) groups is 2. The van der Waals surface area contributed by atoms with Gasteiger partial charge in [0.1, 0.15) is 11.3 Å². The van der Waals surface area contributed by atoms with Crippen molar-refractivity contribution in [2.75, 3.05) is 40.4 Å². The van der Waals surface area contributed by atoms with Gasteiger partial charge < -0.3 is 19.3 Å². The van der Waals surface area contributed by atoms with Gasteiger partial charge >= 0.3 is 0 Å². The molecule has 5 rings (SSSR count). The van der Waals surface area contributed by atoms with Crippen LogP contribution in [0.4, 0.5) is 0 Å². The Hall–Kier alpha value is -3.37. The van der Waals surface area contributed by atoms with Crippen LogP contribution in [0.25, 0.3) is 16.6 Å². The minimum atomic E-state index is -0.965. The first-order valence-electron chi connectivity index (χ1n) is 11.8. The van der Waals surface area contributed by atoms with Gasteiger partial charge in [0, 0.05) is 43.2 Å². The number of rotatable bonds is 6. The molecule has 2 amide bonds. The molecule has 0 aromatic carbocycles. The van der Waals surface area contributed by atoms with Gasteiger partial charge in [0.15, 0.2) is 5.60 Å². The molecule has 190 valence electrons. The Bertz CT molecular complexity index is 1330. The molecule has 3 aromatic heterocycles. The molecule has 0 atom stereocenters. The maximum absolute atomic E-state index is 13.2. The Kier molecular flexibility index (Phi) is 6.25. The number of hydrogen-bond donors (Lipinski definition) is 0. The second-order valence-electron chi connectivity index (χ2n) is 9.29. The predicted octanol–water partition coefficient (Wildman–Crippen LogP) is 2.75. The summed E-state index contributed by atoms with van der Waals surface area (Å²) >= 11 is 6.27. The Balaban J connectivity index is 1.29. The van der Waals surface area contributed by atoms with Gasteiger partial charge in [-0.15, -0.1) is 0 Å². The molecular formula is C25H29ClN6O4. The van der Waals surface area contributed by atoms with E-state index in [1.807, 2.05) is 35.0 Å². The quantitative estimate of drug-likeness (QED) is 0.471. The zero-order chi connectivity index (χ0) is 25.6. The number of pyridine rings is 1. The second kappa shape index (κ2) is 9.25. The highest BCUT2D eigenvalue weighted by Crippen LogP contribution is 2.35. The number of aromatic nitrogens is 4. The van der Waals surface area contributed by atoms with Gasteiger partial charge in [0.2, 0.25) is 5.91 Å². The van der Waals surface area contributed by atoms with Crippen molar-refractivity contribution in [3.05, 3.63) is 48.0 Å². The van der Waals surface area contributed by atoms with E-state index in [2.05, 4.69) is 11.7 Å². The van der Waals surface area contributed by atoms with Crippen molar-refractivity contribution in [1.29, 1.82) is 0 Å². The summed E-state index contributed by atoms with van der Waals surface area (Å²) in [5, 5.41) is 9.55. The molecule has 0 bridgehead atoms. The fraction of sp³-hybridized carbons (Fsp3) is 0.440. The number of fused-ring (bicyclic) bond motifs is 1. The zero-order valence-corrected chi connectivity index (χ0v) is 21.4. The molecular weight excluding hydrogens is 484 g/mol. The predicted molar refractivity (Wildman–Crippen MR) is 134 cm³/mol. The van der Waals surface area contributed by atoms with Gasteiger partial charge in [-0.2, -0.15) is 10.2 Å². The van der Waals surface area contributed by atoms with E-state index in [1.165, 1.54) is 13.2 Å². The Morgan fingerprint density at radius 2 is 1.89 bits per heavy atom.